The molecule has 158 valence electrons. The van der Waals surface area contributed by atoms with Crippen molar-refractivity contribution in [2.45, 2.75) is 31.8 Å². The smallest absolute Gasteiger partial charge is 0.261 e. The fourth-order valence-corrected chi connectivity index (χ4v) is 4.18. The molecule has 2 aromatic carbocycles. The third-order valence-electron chi connectivity index (χ3n) is 4.42. The predicted octanol–water partition coefficient (Wildman–Crippen LogP) is 3.14. The van der Waals surface area contributed by atoms with Crippen LogP contribution in [0.2, 0.25) is 0 Å². The molecule has 0 aliphatic rings. The number of H-pyrrole nitrogens is 1. The molecule has 1 amide bonds. The summed E-state index contributed by atoms with van der Waals surface area (Å²) in [5.41, 5.74) is 1.04. The number of aryl methyl sites for hydroxylation is 1. The Bertz CT molecular complexity index is 1230. The zero-order valence-corrected chi connectivity index (χ0v) is 17.9. The van der Waals surface area contributed by atoms with E-state index in [0.717, 1.165) is 12.1 Å². The Kier molecular flexibility index (Phi) is 6.32. The van der Waals surface area contributed by atoms with Gasteiger partial charge in [0.25, 0.3) is 15.9 Å². The maximum absolute atomic E-state index is 13.0. The summed E-state index contributed by atoms with van der Waals surface area (Å²) in [4.78, 5) is 12.6. The number of halogens is 1. The van der Waals surface area contributed by atoms with Crippen LogP contribution in [0.25, 0.3) is 0 Å². The third kappa shape index (κ3) is 4.74. The highest BCUT2D eigenvalue weighted by Crippen LogP contribution is 2.20. The molecule has 0 saturated carbocycles. The third-order valence-corrected chi connectivity index (χ3v) is 6.11. The van der Waals surface area contributed by atoms with Gasteiger partial charge in [0.2, 0.25) is 0 Å². The van der Waals surface area contributed by atoms with Crippen molar-refractivity contribution in [3.8, 4) is 0 Å². The number of sulfonamides is 1. The molecule has 0 bridgehead atoms. The number of aromatic amines is 1. The van der Waals surface area contributed by atoms with Crippen molar-refractivity contribution in [3.05, 3.63) is 70.0 Å². The highest BCUT2D eigenvalue weighted by atomic mass is 32.2. The van der Waals surface area contributed by atoms with Crippen molar-refractivity contribution in [1.29, 1.82) is 0 Å². The summed E-state index contributed by atoms with van der Waals surface area (Å²) in [5, 5.41) is 9.49. The van der Waals surface area contributed by atoms with Crippen molar-refractivity contribution in [2.75, 3.05) is 4.72 Å². The molecule has 8 nitrogen and oxygen atoms in total. The van der Waals surface area contributed by atoms with Crippen LogP contribution in [0, 0.1) is 17.5 Å². The van der Waals surface area contributed by atoms with Gasteiger partial charge < -0.3 is 9.88 Å². The molecule has 11 heteroatoms. The summed E-state index contributed by atoms with van der Waals surface area (Å²) in [6, 6.07) is 9.18. The van der Waals surface area contributed by atoms with Gasteiger partial charge in [-0.05, 0) is 68.0 Å². The Hall–Kier alpha value is -3.05. The number of amides is 1. The minimum absolute atomic E-state index is 0.0844. The number of hydrogen-bond acceptors (Lipinski definition) is 5. The van der Waals surface area contributed by atoms with E-state index in [9.17, 15) is 17.6 Å². The second-order valence-electron chi connectivity index (χ2n) is 6.46. The van der Waals surface area contributed by atoms with Crippen LogP contribution in [0.4, 0.5) is 10.1 Å². The molecule has 0 fully saturated rings. The number of benzene rings is 2. The highest BCUT2D eigenvalue weighted by Gasteiger charge is 2.19. The Morgan fingerprint density at radius 1 is 1.23 bits per heavy atom. The van der Waals surface area contributed by atoms with Crippen LogP contribution in [-0.2, 0) is 23.1 Å². The number of nitrogens with one attached hydrogen (secondary N) is 3. The number of rotatable bonds is 7. The van der Waals surface area contributed by atoms with Gasteiger partial charge in [-0.1, -0.05) is 6.07 Å². The Morgan fingerprint density at radius 3 is 2.60 bits per heavy atom. The van der Waals surface area contributed by atoms with Gasteiger partial charge in [0, 0.05) is 17.8 Å². The maximum atomic E-state index is 13.0. The molecule has 1 heterocycles. The van der Waals surface area contributed by atoms with E-state index in [0.29, 0.717) is 22.7 Å². The van der Waals surface area contributed by atoms with E-state index in [1.54, 1.807) is 17.6 Å². The summed E-state index contributed by atoms with van der Waals surface area (Å²) >= 11 is 5.12. The molecule has 0 aliphatic heterocycles. The molecule has 1 aromatic heterocycles. The minimum atomic E-state index is -3.96. The van der Waals surface area contributed by atoms with E-state index in [-0.39, 0.29) is 22.7 Å². The molecule has 0 saturated heterocycles. The molecule has 3 rings (SSSR count). The standard InChI is InChI=1S/C19H20FN5O3S2/c1-3-25-17(22-23-19(25)29)11-21-18(26)16-10-15(9-4-12(16)2)30(27,28)24-14-7-5-13(20)6-8-14/h4-10,24H,3,11H2,1-2H3,(H,21,26)(H,23,29). The second kappa shape index (κ2) is 8.76. The number of nitrogens with zero attached hydrogens (tertiary/aromatic N) is 2. The van der Waals surface area contributed by atoms with Crippen molar-refractivity contribution in [1.82, 2.24) is 20.1 Å². The lowest BCUT2D eigenvalue weighted by molar-refractivity contribution is 0.0948. The SMILES string of the molecule is CCn1c(CNC(=O)c2cc(S(=O)(=O)Nc3ccc(F)cc3)ccc2C)n[nH]c1=S. The number of anilines is 1. The number of carbonyl (C=O) groups is 1. The van der Waals surface area contributed by atoms with E-state index in [4.69, 9.17) is 12.2 Å². The lowest BCUT2D eigenvalue weighted by Crippen LogP contribution is -2.26. The Labute approximate surface area is 178 Å². The van der Waals surface area contributed by atoms with Crippen LogP contribution in [0.5, 0.6) is 0 Å². The van der Waals surface area contributed by atoms with Gasteiger partial charge in [0.1, 0.15) is 5.82 Å². The summed E-state index contributed by atoms with van der Waals surface area (Å²) < 4.78 is 43.0. The van der Waals surface area contributed by atoms with Crippen molar-refractivity contribution >= 4 is 33.8 Å². The average Bonchev–Trinajstić information content (AvgIpc) is 3.07. The van der Waals surface area contributed by atoms with Crippen LogP contribution in [-0.4, -0.2) is 29.1 Å². The number of aromatic nitrogens is 3. The Balaban J connectivity index is 1.80. The largest absolute Gasteiger partial charge is 0.345 e. The molecule has 0 spiro atoms. The van der Waals surface area contributed by atoms with Gasteiger partial charge >= 0.3 is 0 Å². The molecular formula is C19H20FN5O3S2. The van der Waals surface area contributed by atoms with E-state index in [1.807, 2.05) is 6.92 Å². The molecule has 30 heavy (non-hydrogen) atoms. The van der Waals surface area contributed by atoms with E-state index >= 15 is 0 Å². The fraction of sp³-hybridized carbons (Fsp3) is 0.211. The first kappa shape index (κ1) is 21.7. The van der Waals surface area contributed by atoms with Crippen molar-refractivity contribution in [2.24, 2.45) is 0 Å². The van der Waals surface area contributed by atoms with Gasteiger partial charge in [0.15, 0.2) is 10.6 Å². The molecular weight excluding hydrogens is 429 g/mol. The molecule has 3 aromatic rings. The lowest BCUT2D eigenvalue weighted by Gasteiger charge is -2.12. The topological polar surface area (TPSA) is 109 Å². The normalized spacial score (nSPS) is 11.3. The molecule has 0 unspecified atom stereocenters. The quantitative estimate of drug-likeness (QED) is 0.480. The predicted molar refractivity (Wildman–Crippen MR) is 113 cm³/mol. The van der Waals surface area contributed by atoms with E-state index in [2.05, 4.69) is 20.2 Å². The van der Waals surface area contributed by atoms with Crippen LogP contribution in [0.1, 0.15) is 28.7 Å². The van der Waals surface area contributed by atoms with Crippen LogP contribution in [0.15, 0.2) is 47.4 Å². The summed E-state index contributed by atoms with van der Waals surface area (Å²) in [7, 11) is -3.96. The first-order chi connectivity index (χ1) is 14.2. The highest BCUT2D eigenvalue weighted by molar-refractivity contribution is 7.92. The fourth-order valence-electron chi connectivity index (χ4n) is 2.81. The van der Waals surface area contributed by atoms with Crippen LogP contribution in [0.3, 0.4) is 0 Å². The second-order valence-corrected chi connectivity index (χ2v) is 8.53. The number of carbonyl (C=O) groups excluding carboxylic acids is 1. The molecule has 0 radical (unpaired) electrons. The summed E-state index contributed by atoms with van der Waals surface area (Å²) in [6.45, 7) is 4.34. The lowest BCUT2D eigenvalue weighted by atomic mass is 10.1. The summed E-state index contributed by atoms with van der Waals surface area (Å²) in [6.07, 6.45) is 0. The van der Waals surface area contributed by atoms with Crippen LogP contribution >= 0.6 is 12.2 Å². The zero-order chi connectivity index (χ0) is 21.9. The first-order valence-corrected chi connectivity index (χ1v) is 10.9. The minimum Gasteiger partial charge on any atom is -0.345 e. The molecule has 3 N–H and O–H groups in total. The van der Waals surface area contributed by atoms with Crippen LogP contribution < -0.4 is 10.0 Å². The van der Waals surface area contributed by atoms with E-state index < -0.39 is 21.7 Å². The first-order valence-electron chi connectivity index (χ1n) is 9.02. The van der Waals surface area contributed by atoms with Gasteiger partial charge in [-0.25, -0.2) is 12.8 Å². The molecule has 0 aliphatic carbocycles. The molecule has 0 atom stereocenters. The van der Waals surface area contributed by atoms with E-state index in [1.165, 1.54) is 24.3 Å². The van der Waals surface area contributed by atoms with Gasteiger partial charge in [-0.15, -0.1) is 0 Å². The summed E-state index contributed by atoms with van der Waals surface area (Å²) in [5.74, 6) is -0.352. The Morgan fingerprint density at radius 2 is 1.93 bits per heavy atom. The van der Waals surface area contributed by atoms with Crippen molar-refractivity contribution < 1.29 is 17.6 Å². The van der Waals surface area contributed by atoms with Gasteiger partial charge in [0.05, 0.1) is 11.4 Å². The average molecular weight is 450 g/mol. The van der Waals surface area contributed by atoms with Crippen molar-refractivity contribution in [3.63, 3.8) is 0 Å². The maximum Gasteiger partial charge on any atom is 0.261 e. The van der Waals surface area contributed by atoms with Gasteiger partial charge in [-0.3, -0.25) is 14.6 Å². The van der Waals surface area contributed by atoms with Gasteiger partial charge in [-0.2, -0.15) is 5.10 Å². The zero-order valence-electron chi connectivity index (χ0n) is 16.3. The number of hydrogen-bond donors (Lipinski definition) is 3. The monoisotopic (exact) mass is 449 g/mol.